The molecular weight excluding hydrogens is 314 g/mol. The Morgan fingerprint density at radius 3 is 2.30 bits per heavy atom. The van der Waals surface area contributed by atoms with Crippen molar-refractivity contribution in [1.82, 2.24) is 0 Å². The van der Waals surface area contributed by atoms with Crippen LogP contribution in [0.3, 0.4) is 0 Å². The minimum Gasteiger partial charge on any atom is -0.379 e. The van der Waals surface area contributed by atoms with E-state index in [2.05, 4.69) is 22.0 Å². The van der Waals surface area contributed by atoms with E-state index in [1.807, 2.05) is 55.5 Å². The van der Waals surface area contributed by atoms with Gasteiger partial charge in [-0.2, -0.15) is 5.26 Å². The summed E-state index contributed by atoms with van der Waals surface area (Å²) >= 11 is 3.47. The van der Waals surface area contributed by atoms with Gasteiger partial charge >= 0.3 is 0 Å². The zero-order valence-electron chi connectivity index (χ0n) is 11.5. The summed E-state index contributed by atoms with van der Waals surface area (Å²) in [5.41, 5.74) is 1.22. The summed E-state index contributed by atoms with van der Waals surface area (Å²) in [4.78, 5) is 0. The quantitative estimate of drug-likeness (QED) is 0.919. The van der Waals surface area contributed by atoms with E-state index < -0.39 is 11.5 Å². The molecule has 2 nitrogen and oxygen atoms in total. The Kier molecular flexibility index (Phi) is 4.27. The molecule has 3 heteroatoms. The zero-order chi connectivity index (χ0) is 14.8. The molecule has 0 radical (unpaired) electrons. The third kappa shape index (κ3) is 2.49. The molecule has 0 bridgehead atoms. The number of hydrogen-bond donors (Lipinski definition) is 1. The van der Waals surface area contributed by atoms with Crippen LogP contribution in [0.5, 0.6) is 0 Å². The third-order valence-corrected chi connectivity index (χ3v) is 4.29. The first kappa shape index (κ1) is 14.8. The van der Waals surface area contributed by atoms with Gasteiger partial charge in [0.15, 0.2) is 0 Å². The summed E-state index contributed by atoms with van der Waals surface area (Å²) in [5, 5.41) is 20.6. The topological polar surface area (TPSA) is 44.0 Å². The molecule has 0 spiro atoms. The Bertz CT molecular complexity index is 645. The Morgan fingerprint density at radius 2 is 1.75 bits per heavy atom. The Labute approximate surface area is 127 Å². The maximum Gasteiger partial charge on any atom is 0.131 e. The first-order valence-corrected chi connectivity index (χ1v) is 7.23. The lowest BCUT2D eigenvalue weighted by Crippen LogP contribution is -2.34. The molecule has 0 fully saturated rings. The summed E-state index contributed by atoms with van der Waals surface area (Å²) in [5.74, 6) is -0.566. The van der Waals surface area contributed by atoms with Crippen molar-refractivity contribution in [3.8, 4) is 6.07 Å². The highest BCUT2D eigenvalue weighted by molar-refractivity contribution is 9.10. The van der Waals surface area contributed by atoms with Crippen LogP contribution in [0, 0.1) is 24.2 Å². The van der Waals surface area contributed by atoms with Crippen molar-refractivity contribution in [3.63, 3.8) is 0 Å². The molecule has 0 heterocycles. The van der Waals surface area contributed by atoms with E-state index in [1.165, 1.54) is 0 Å². The normalized spacial score (nSPS) is 15.2. The molecule has 2 unspecified atom stereocenters. The summed E-state index contributed by atoms with van der Waals surface area (Å²) in [6.45, 7) is 3.73. The molecular formula is C17H16BrNO. The molecule has 2 atom stereocenters. The van der Waals surface area contributed by atoms with E-state index in [0.717, 1.165) is 15.6 Å². The van der Waals surface area contributed by atoms with Crippen LogP contribution in [0.1, 0.15) is 23.6 Å². The van der Waals surface area contributed by atoms with Crippen LogP contribution < -0.4 is 0 Å². The molecule has 1 N–H and O–H groups in total. The largest absolute Gasteiger partial charge is 0.379 e. The second-order valence-electron chi connectivity index (χ2n) is 4.96. The Balaban J connectivity index is 2.66. The van der Waals surface area contributed by atoms with Crippen LogP contribution in [-0.2, 0) is 5.60 Å². The van der Waals surface area contributed by atoms with Gasteiger partial charge in [0.05, 0.1) is 12.0 Å². The molecule has 2 aromatic rings. The molecule has 0 aliphatic heterocycles. The van der Waals surface area contributed by atoms with Crippen LogP contribution in [0.2, 0.25) is 0 Å². The van der Waals surface area contributed by atoms with Gasteiger partial charge in [-0.15, -0.1) is 0 Å². The van der Waals surface area contributed by atoms with Crippen LogP contribution >= 0.6 is 15.9 Å². The number of benzene rings is 2. The lowest BCUT2D eigenvalue weighted by molar-refractivity contribution is 0.0456. The number of halogens is 1. The summed E-state index contributed by atoms with van der Waals surface area (Å²) < 4.78 is 0.796. The second kappa shape index (κ2) is 5.78. The number of hydrogen-bond acceptors (Lipinski definition) is 2. The van der Waals surface area contributed by atoms with Gasteiger partial charge in [0.2, 0.25) is 0 Å². The predicted octanol–water partition coefficient (Wildman–Crippen LogP) is 4.15. The minimum absolute atomic E-state index is 0.566. The van der Waals surface area contributed by atoms with Crippen molar-refractivity contribution in [2.75, 3.05) is 0 Å². The number of rotatable bonds is 3. The highest BCUT2D eigenvalue weighted by atomic mass is 79.9. The van der Waals surface area contributed by atoms with E-state index in [9.17, 15) is 10.4 Å². The van der Waals surface area contributed by atoms with Crippen LogP contribution in [-0.4, -0.2) is 5.11 Å². The van der Waals surface area contributed by atoms with E-state index in [0.29, 0.717) is 5.56 Å². The Morgan fingerprint density at radius 1 is 1.15 bits per heavy atom. The van der Waals surface area contributed by atoms with Gasteiger partial charge < -0.3 is 5.11 Å². The van der Waals surface area contributed by atoms with Crippen molar-refractivity contribution in [2.45, 2.75) is 19.4 Å². The summed E-state index contributed by atoms with van der Waals surface area (Å²) in [7, 11) is 0. The minimum atomic E-state index is -1.33. The number of aliphatic hydroxyl groups is 1. The van der Waals surface area contributed by atoms with E-state index in [1.54, 1.807) is 6.92 Å². The molecule has 0 aliphatic rings. The molecule has 0 amide bonds. The fourth-order valence-corrected chi connectivity index (χ4v) is 2.90. The standard InChI is InChI=1S/C17H16BrNO/c1-12-7-9-14(10-8-12)17(20,13(2)11-19)15-5-3-4-6-16(15)18/h3-10,13,20H,1-2H3. The molecule has 0 aromatic heterocycles. The van der Waals surface area contributed by atoms with Gasteiger partial charge in [0, 0.05) is 10.0 Å². The molecule has 0 aliphatic carbocycles. The zero-order valence-corrected chi connectivity index (χ0v) is 13.1. The van der Waals surface area contributed by atoms with Crippen molar-refractivity contribution < 1.29 is 5.11 Å². The number of nitrogens with zero attached hydrogens (tertiary/aromatic N) is 1. The number of aryl methyl sites for hydroxylation is 1. The maximum absolute atomic E-state index is 11.2. The lowest BCUT2D eigenvalue weighted by Gasteiger charge is -2.32. The summed E-state index contributed by atoms with van der Waals surface area (Å²) in [6.07, 6.45) is 0. The second-order valence-corrected chi connectivity index (χ2v) is 5.82. The van der Waals surface area contributed by atoms with Crippen LogP contribution in [0.25, 0.3) is 0 Å². The van der Waals surface area contributed by atoms with E-state index in [4.69, 9.17) is 0 Å². The van der Waals surface area contributed by atoms with Gasteiger partial charge in [-0.25, -0.2) is 0 Å². The average Bonchev–Trinajstić information content (AvgIpc) is 2.46. The third-order valence-electron chi connectivity index (χ3n) is 3.60. The average molecular weight is 330 g/mol. The smallest absolute Gasteiger partial charge is 0.131 e. The van der Waals surface area contributed by atoms with E-state index >= 15 is 0 Å². The Hall–Kier alpha value is -1.63. The van der Waals surface area contributed by atoms with Gasteiger partial charge in [-0.05, 0) is 25.5 Å². The first-order chi connectivity index (χ1) is 9.50. The molecule has 102 valence electrons. The highest BCUT2D eigenvalue weighted by Gasteiger charge is 2.39. The van der Waals surface area contributed by atoms with E-state index in [-0.39, 0.29) is 0 Å². The van der Waals surface area contributed by atoms with Gasteiger partial charge in [-0.3, -0.25) is 0 Å². The molecule has 0 saturated carbocycles. The molecule has 2 aromatic carbocycles. The monoisotopic (exact) mass is 329 g/mol. The molecule has 0 saturated heterocycles. The molecule has 2 rings (SSSR count). The van der Waals surface area contributed by atoms with Crippen molar-refractivity contribution in [1.29, 1.82) is 5.26 Å². The SMILES string of the molecule is Cc1ccc(C(O)(c2ccccc2Br)C(C)C#N)cc1. The van der Waals surface area contributed by atoms with Crippen molar-refractivity contribution >= 4 is 15.9 Å². The van der Waals surface area contributed by atoms with Crippen LogP contribution in [0.15, 0.2) is 53.0 Å². The predicted molar refractivity (Wildman–Crippen MR) is 83.1 cm³/mol. The highest BCUT2D eigenvalue weighted by Crippen LogP contribution is 2.40. The summed E-state index contributed by atoms with van der Waals surface area (Å²) in [6, 6.07) is 17.3. The first-order valence-electron chi connectivity index (χ1n) is 6.44. The van der Waals surface area contributed by atoms with Crippen LogP contribution in [0.4, 0.5) is 0 Å². The van der Waals surface area contributed by atoms with Gasteiger partial charge in [0.25, 0.3) is 0 Å². The fraction of sp³-hybridized carbons (Fsp3) is 0.235. The fourth-order valence-electron chi connectivity index (χ4n) is 2.31. The molecule has 20 heavy (non-hydrogen) atoms. The van der Waals surface area contributed by atoms with Gasteiger partial charge in [-0.1, -0.05) is 64.0 Å². The lowest BCUT2D eigenvalue weighted by atomic mass is 9.77. The van der Waals surface area contributed by atoms with Gasteiger partial charge in [0.1, 0.15) is 5.60 Å². The maximum atomic E-state index is 11.2. The van der Waals surface area contributed by atoms with Crippen molar-refractivity contribution in [2.24, 2.45) is 5.92 Å². The van der Waals surface area contributed by atoms with Crippen molar-refractivity contribution in [3.05, 3.63) is 69.7 Å². The number of nitriles is 1.